The monoisotopic (exact) mass is 338 g/mol. The van der Waals surface area contributed by atoms with Gasteiger partial charge in [-0.1, -0.05) is 24.3 Å². The van der Waals surface area contributed by atoms with E-state index in [1.165, 1.54) is 0 Å². The summed E-state index contributed by atoms with van der Waals surface area (Å²) in [5.74, 6) is -0.110. The molecule has 128 valence electrons. The van der Waals surface area contributed by atoms with Crippen LogP contribution in [0.5, 0.6) is 0 Å². The molecule has 25 heavy (non-hydrogen) atoms. The molecule has 0 unspecified atom stereocenters. The van der Waals surface area contributed by atoms with Crippen molar-refractivity contribution in [1.29, 1.82) is 0 Å². The summed E-state index contributed by atoms with van der Waals surface area (Å²) in [6.07, 6.45) is 17.0. The number of allylic oxidation sites excluding steroid dienone is 8. The van der Waals surface area contributed by atoms with Gasteiger partial charge in [0.1, 0.15) is 0 Å². The molecule has 0 amide bonds. The van der Waals surface area contributed by atoms with Gasteiger partial charge >= 0.3 is 0 Å². The minimum atomic E-state index is -0.526. The van der Waals surface area contributed by atoms with Crippen molar-refractivity contribution >= 4 is 11.8 Å². The number of anilines is 2. The maximum Gasteiger partial charge on any atom is 0.229 e. The highest BCUT2D eigenvalue weighted by Crippen LogP contribution is 2.21. The number of aromatic nitrogens is 2. The number of halogens is 1. The zero-order chi connectivity index (χ0) is 17.6. The van der Waals surface area contributed by atoms with E-state index in [2.05, 4.69) is 20.6 Å². The van der Waals surface area contributed by atoms with Gasteiger partial charge in [0.15, 0.2) is 11.6 Å². The maximum absolute atomic E-state index is 14.0. The van der Waals surface area contributed by atoms with Gasteiger partial charge in [0, 0.05) is 11.4 Å². The van der Waals surface area contributed by atoms with Crippen molar-refractivity contribution in [1.82, 2.24) is 9.97 Å². The first-order valence-corrected chi connectivity index (χ1v) is 7.82. The van der Waals surface area contributed by atoms with Gasteiger partial charge in [0.2, 0.25) is 5.95 Å². The summed E-state index contributed by atoms with van der Waals surface area (Å²) in [7, 11) is 0. The maximum atomic E-state index is 14.0. The first kappa shape index (κ1) is 16.5. The molecule has 0 radical (unpaired) electrons. The fourth-order valence-corrected chi connectivity index (χ4v) is 2.33. The highest BCUT2D eigenvalue weighted by molar-refractivity contribution is 5.53. The molecule has 0 saturated carbocycles. The molecule has 7 heteroatoms. The molecule has 1 aromatic rings. The van der Waals surface area contributed by atoms with Crippen LogP contribution in [0.3, 0.4) is 0 Å². The first-order valence-electron chi connectivity index (χ1n) is 7.82. The first-order chi connectivity index (χ1) is 12.2. The van der Waals surface area contributed by atoms with Crippen LogP contribution in [0, 0.1) is 5.82 Å². The molecule has 0 saturated heterocycles. The Kier molecular flexibility index (Phi) is 4.94. The highest BCUT2D eigenvalue weighted by atomic mass is 19.1. The van der Waals surface area contributed by atoms with Gasteiger partial charge in [-0.15, -0.1) is 0 Å². The third kappa shape index (κ3) is 4.14. The zero-order valence-corrected chi connectivity index (χ0v) is 13.5. The van der Waals surface area contributed by atoms with E-state index in [1.54, 1.807) is 12.4 Å². The number of nitrogens with zero attached hydrogens (tertiary/aromatic N) is 2. The molecule has 6 N–H and O–H groups in total. The summed E-state index contributed by atoms with van der Waals surface area (Å²) in [5.41, 5.74) is 14.6. The Morgan fingerprint density at radius 1 is 0.920 bits per heavy atom. The van der Waals surface area contributed by atoms with Crippen LogP contribution in [0.4, 0.5) is 16.2 Å². The predicted molar refractivity (Wildman–Crippen MR) is 97.5 cm³/mol. The Morgan fingerprint density at radius 3 is 2.04 bits per heavy atom. The smallest absolute Gasteiger partial charge is 0.229 e. The number of nitrogens with one attached hydrogen (secondary N) is 2. The fourth-order valence-electron chi connectivity index (χ4n) is 2.33. The van der Waals surface area contributed by atoms with E-state index >= 15 is 0 Å². The van der Waals surface area contributed by atoms with E-state index in [0.29, 0.717) is 12.4 Å². The molecule has 0 spiro atoms. The molecule has 2 aliphatic rings. The summed E-state index contributed by atoms with van der Waals surface area (Å²) in [6.45, 7) is 0. The van der Waals surface area contributed by atoms with Crippen LogP contribution < -0.4 is 22.1 Å². The van der Waals surface area contributed by atoms with Gasteiger partial charge in [-0.25, -0.2) is 9.37 Å². The summed E-state index contributed by atoms with van der Waals surface area (Å²) >= 11 is 0. The van der Waals surface area contributed by atoms with E-state index < -0.39 is 5.82 Å². The van der Waals surface area contributed by atoms with E-state index in [4.69, 9.17) is 11.5 Å². The Bertz CT molecular complexity index is 845. The van der Waals surface area contributed by atoms with Crippen LogP contribution in [0.25, 0.3) is 0 Å². The number of hydrogen-bond acceptors (Lipinski definition) is 6. The number of rotatable bonds is 4. The molecule has 1 heterocycles. The van der Waals surface area contributed by atoms with Gasteiger partial charge in [-0.05, 0) is 48.5 Å². The van der Waals surface area contributed by atoms with Gasteiger partial charge in [-0.3, -0.25) is 0 Å². The summed E-state index contributed by atoms with van der Waals surface area (Å²) in [4.78, 5) is 8.18. The lowest BCUT2D eigenvalue weighted by molar-refractivity contribution is 0.619. The zero-order valence-electron chi connectivity index (χ0n) is 13.5. The van der Waals surface area contributed by atoms with Gasteiger partial charge in [0.25, 0.3) is 0 Å². The van der Waals surface area contributed by atoms with Crippen LogP contribution in [-0.2, 0) is 0 Å². The SMILES string of the molecule is NC=C1C=CC(Nc2ncc(F)c(NC3=CCC(=CN)C=C3)n2)=CC1. The quantitative estimate of drug-likeness (QED) is 0.673. The normalized spacial score (nSPS) is 19.7. The van der Waals surface area contributed by atoms with Gasteiger partial charge in [-0.2, -0.15) is 4.98 Å². The lowest BCUT2D eigenvalue weighted by Gasteiger charge is -2.14. The van der Waals surface area contributed by atoms with Crippen molar-refractivity contribution in [2.24, 2.45) is 11.5 Å². The van der Waals surface area contributed by atoms with Crippen LogP contribution in [-0.4, -0.2) is 9.97 Å². The highest BCUT2D eigenvalue weighted by Gasteiger charge is 2.10. The van der Waals surface area contributed by atoms with Crippen molar-refractivity contribution in [3.63, 3.8) is 0 Å². The molecule has 1 aromatic heterocycles. The minimum Gasteiger partial charge on any atom is -0.404 e. The molecule has 0 fully saturated rings. The van der Waals surface area contributed by atoms with Gasteiger partial charge < -0.3 is 22.1 Å². The third-order valence-electron chi connectivity index (χ3n) is 3.76. The summed E-state index contributed by atoms with van der Waals surface area (Å²) < 4.78 is 14.0. The molecule has 0 aliphatic heterocycles. The van der Waals surface area contributed by atoms with Crippen molar-refractivity contribution in [3.05, 3.63) is 83.4 Å². The van der Waals surface area contributed by atoms with Crippen molar-refractivity contribution in [2.75, 3.05) is 10.6 Å². The topological polar surface area (TPSA) is 102 Å². The second-order valence-corrected chi connectivity index (χ2v) is 5.52. The molecule has 2 aliphatic carbocycles. The molecular formula is C18H19FN6. The van der Waals surface area contributed by atoms with E-state index in [-0.39, 0.29) is 5.82 Å². The number of hydrogen-bond donors (Lipinski definition) is 4. The fraction of sp³-hybridized carbons (Fsp3) is 0.111. The van der Waals surface area contributed by atoms with E-state index in [9.17, 15) is 4.39 Å². The minimum absolute atomic E-state index is 0.108. The van der Waals surface area contributed by atoms with Crippen LogP contribution in [0.15, 0.2) is 77.6 Å². The van der Waals surface area contributed by atoms with Crippen LogP contribution in [0.2, 0.25) is 0 Å². The van der Waals surface area contributed by atoms with Crippen molar-refractivity contribution in [3.8, 4) is 0 Å². The summed E-state index contributed by atoms with van der Waals surface area (Å²) in [5, 5.41) is 6.03. The average molecular weight is 338 g/mol. The average Bonchev–Trinajstić information content (AvgIpc) is 2.66. The standard InChI is InChI=1S/C18H19FN6/c19-16-11-22-18(24-15-7-3-13(10-21)4-8-15)25-17(16)23-14-5-1-12(9-20)2-6-14/h1,3,5-11H,2,4,20-21H2,(H2,22,23,24,25). The second kappa shape index (κ2) is 7.48. The predicted octanol–water partition coefficient (Wildman–Crippen LogP) is 2.81. The molecule has 0 bridgehead atoms. The Balaban J connectivity index is 1.71. The molecule has 3 rings (SSSR count). The van der Waals surface area contributed by atoms with Crippen LogP contribution in [0.1, 0.15) is 12.8 Å². The second-order valence-electron chi connectivity index (χ2n) is 5.52. The lowest BCUT2D eigenvalue weighted by atomic mass is 10.1. The molecule has 0 atom stereocenters. The Labute approximate surface area is 145 Å². The molecular weight excluding hydrogens is 319 g/mol. The Morgan fingerprint density at radius 2 is 1.52 bits per heavy atom. The van der Waals surface area contributed by atoms with Gasteiger partial charge in [0.05, 0.1) is 6.20 Å². The molecule has 0 aromatic carbocycles. The number of nitrogens with two attached hydrogens (primary N) is 2. The van der Waals surface area contributed by atoms with E-state index in [0.717, 1.165) is 35.2 Å². The largest absolute Gasteiger partial charge is 0.404 e. The third-order valence-corrected chi connectivity index (χ3v) is 3.76. The van der Waals surface area contributed by atoms with Crippen LogP contribution >= 0.6 is 0 Å². The lowest BCUT2D eigenvalue weighted by Crippen LogP contribution is -2.09. The summed E-state index contributed by atoms with van der Waals surface area (Å²) in [6, 6.07) is 0. The van der Waals surface area contributed by atoms with Crippen molar-refractivity contribution in [2.45, 2.75) is 12.8 Å². The van der Waals surface area contributed by atoms with Crippen molar-refractivity contribution < 1.29 is 4.39 Å². The van der Waals surface area contributed by atoms with E-state index in [1.807, 2.05) is 36.5 Å². The Hall–Kier alpha value is -3.35. The molecule has 6 nitrogen and oxygen atoms in total.